The quantitative estimate of drug-likeness (QED) is 0.462. The molecule has 27 heavy (non-hydrogen) atoms. The monoisotopic (exact) mass is 381 g/mol. The van der Waals surface area contributed by atoms with Gasteiger partial charge in [-0.2, -0.15) is 0 Å². The molecule has 1 aromatic carbocycles. The number of thiophene rings is 1. The van der Waals surface area contributed by atoms with Crippen LogP contribution in [0, 0.1) is 11.5 Å². The zero-order valence-electron chi connectivity index (χ0n) is 15.6. The summed E-state index contributed by atoms with van der Waals surface area (Å²) in [6, 6.07) is 11.2. The molecule has 1 aromatic heterocycles. The van der Waals surface area contributed by atoms with Crippen molar-refractivity contribution in [1.29, 1.82) is 5.26 Å². The van der Waals surface area contributed by atoms with Crippen molar-refractivity contribution < 1.29 is 14.3 Å². The number of hydrogen-bond donors (Lipinski definition) is 0. The molecule has 2 aromatic rings. The maximum absolute atomic E-state index is 11.5. The Labute approximate surface area is 164 Å². The van der Waals surface area contributed by atoms with E-state index in [0.717, 1.165) is 29.0 Å². The zero-order valence-corrected chi connectivity index (χ0v) is 16.4. The highest BCUT2D eigenvalue weighted by Gasteiger charge is 2.11. The third-order valence-corrected chi connectivity index (χ3v) is 4.68. The lowest BCUT2D eigenvalue weighted by atomic mass is 10.1. The Morgan fingerprint density at radius 2 is 1.89 bits per heavy atom. The predicted molar refractivity (Wildman–Crippen MR) is 109 cm³/mol. The van der Waals surface area contributed by atoms with Crippen molar-refractivity contribution in [1.82, 2.24) is 0 Å². The van der Waals surface area contributed by atoms with Crippen LogP contribution in [0.3, 0.4) is 0 Å². The summed E-state index contributed by atoms with van der Waals surface area (Å²) >= 11 is 1.29. The number of carbonyl (C=O) groups is 1. The zero-order chi connectivity index (χ0) is 19.5. The lowest BCUT2D eigenvalue weighted by molar-refractivity contribution is 0.0690. The van der Waals surface area contributed by atoms with Crippen LogP contribution in [0.1, 0.15) is 42.8 Å². The number of rotatable bonds is 5. The van der Waals surface area contributed by atoms with Crippen LogP contribution in [0.5, 0.6) is 5.75 Å². The Hall–Kier alpha value is -2.84. The van der Waals surface area contributed by atoms with E-state index in [9.17, 15) is 4.79 Å². The molecule has 1 aliphatic rings. The molecule has 0 amide bonds. The van der Waals surface area contributed by atoms with Gasteiger partial charge < -0.3 is 9.47 Å². The van der Waals surface area contributed by atoms with Gasteiger partial charge in [0.05, 0.1) is 0 Å². The second-order valence-corrected chi connectivity index (χ2v) is 7.01. The van der Waals surface area contributed by atoms with E-state index in [2.05, 4.69) is 36.8 Å². The smallest absolute Gasteiger partial charge is 0.363 e. The van der Waals surface area contributed by atoms with E-state index in [1.807, 2.05) is 30.3 Å². The molecule has 0 bridgehead atoms. The van der Waals surface area contributed by atoms with E-state index >= 15 is 0 Å². The fourth-order valence-electron chi connectivity index (χ4n) is 2.35. The Morgan fingerprint density at radius 1 is 1.15 bits per heavy atom. The topological polar surface area (TPSA) is 59.3 Å². The van der Waals surface area contributed by atoms with Crippen molar-refractivity contribution in [2.75, 3.05) is 6.61 Å². The van der Waals surface area contributed by atoms with Crippen LogP contribution >= 0.6 is 11.3 Å². The van der Waals surface area contributed by atoms with Gasteiger partial charge in [-0.3, -0.25) is 0 Å². The molecule has 140 valence electrons. The summed E-state index contributed by atoms with van der Waals surface area (Å²) < 4.78 is 10.1. The number of hydrogen-bond acceptors (Lipinski definition) is 5. The summed E-state index contributed by atoms with van der Waals surface area (Å²) in [5, 5.41) is 8.39. The molecule has 0 fully saturated rings. The van der Waals surface area contributed by atoms with E-state index < -0.39 is 5.97 Å². The summed E-state index contributed by atoms with van der Waals surface area (Å²) in [7, 11) is 0. The van der Waals surface area contributed by atoms with Gasteiger partial charge in [0, 0.05) is 4.88 Å². The molecule has 0 saturated heterocycles. The Balaban J connectivity index is 0.000000817. The molecule has 0 saturated carbocycles. The third-order valence-electron chi connectivity index (χ3n) is 3.56. The minimum atomic E-state index is -0.623. The average molecular weight is 381 g/mol. The number of nitrogens with zero attached hydrogens (tertiary/aromatic N) is 1. The fourth-order valence-corrected chi connectivity index (χ4v) is 3.24. The van der Waals surface area contributed by atoms with Gasteiger partial charge in [0.1, 0.15) is 17.2 Å². The standard InChI is InChI=1S/C19H15NO3S.C3H8/c20-13-23-19(21)18-11-10-17(24-18)15-6-8-16(9-7-15)22-12-14-4-2-1-3-5-14;1-3-2/h2,4-11H,1,3,12H2;3H2,1-2H3. The molecule has 5 heteroatoms. The summed E-state index contributed by atoms with van der Waals surface area (Å²) in [5.74, 6) is 0.182. The summed E-state index contributed by atoms with van der Waals surface area (Å²) in [5.41, 5.74) is 2.18. The number of allylic oxidation sites excluding steroid dienone is 2. The summed E-state index contributed by atoms with van der Waals surface area (Å²) in [6.45, 7) is 4.82. The van der Waals surface area contributed by atoms with Crippen molar-refractivity contribution >= 4 is 17.3 Å². The third kappa shape index (κ3) is 6.43. The molecular weight excluding hydrogens is 358 g/mol. The SMILES string of the molecule is CCC.N#COC(=O)c1ccc(-c2ccc(OCC3=CCCC=C3)cc2)s1. The van der Waals surface area contributed by atoms with Gasteiger partial charge in [-0.1, -0.05) is 38.5 Å². The molecule has 1 heterocycles. The van der Waals surface area contributed by atoms with Gasteiger partial charge in [-0.15, -0.1) is 16.6 Å². The van der Waals surface area contributed by atoms with Crippen molar-refractivity contribution in [3.05, 3.63) is 65.1 Å². The van der Waals surface area contributed by atoms with Crippen LogP contribution in [-0.2, 0) is 4.74 Å². The average Bonchev–Trinajstić information content (AvgIpc) is 3.19. The Kier molecular flexibility index (Phi) is 8.34. The van der Waals surface area contributed by atoms with Crippen LogP contribution < -0.4 is 4.74 Å². The van der Waals surface area contributed by atoms with Crippen molar-refractivity contribution in [2.45, 2.75) is 33.1 Å². The minimum Gasteiger partial charge on any atom is -0.489 e. The van der Waals surface area contributed by atoms with E-state index in [-0.39, 0.29) is 0 Å². The minimum absolute atomic E-state index is 0.405. The van der Waals surface area contributed by atoms with Crippen molar-refractivity contribution in [3.8, 4) is 22.4 Å². The number of esters is 1. The lowest BCUT2D eigenvalue weighted by Gasteiger charge is -2.09. The Bertz CT molecular complexity index is 841. The first-order chi connectivity index (χ1) is 13.2. The van der Waals surface area contributed by atoms with Gasteiger partial charge in [0.25, 0.3) is 6.26 Å². The number of ether oxygens (including phenoxy) is 2. The molecule has 4 nitrogen and oxygen atoms in total. The normalized spacial score (nSPS) is 12.3. The van der Waals surface area contributed by atoms with Gasteiger partial charge in [0.15, 0.2) is 0 Å². The molecule has 0 unspecified atom stereocenters. The second kappa shape index (κ2) is 11.0. The fraction of sp³-hybridized carbons (Fsp3) is 0.273. The first-order valence-corrected chi connectivity index (χ1v) is 9.78. The number of carbonyl (C=O) groups excluding carboxylic acids is 1. The number of nitriles is 1. The van der Waals surface area contributed by atoms with E-state index in [1.54, 1.807) is 6.07 Å². The molecule has 3 rings (SSSR count). The van der Waals surface area contributed by atoms with Crippen molar-refractivity contribution in [3.63, 3.8) is 0 Å². The predicted octanol–water partition coefficient (Wildman–Crippen LogP) is 6.12. The summed E-state index contributed by atoms with van der Waals surface area (Å²) in [4.78, 5) is 12.9. The highest BCUT2D eigenvalue weighted by Crippen LogP contribution is 2.30. The van der Waals surface area contributed by atoms with Crippen LogP contribution in [0.2, 0.25) is 0 Å². The highest BCUT2D eigenvalue weighted by atomic mass is 32.1. The number of benzene rings is 1. The molecular formula is C22H23NO3S. The van der Waals surface area contributed by atoms with Crippen molar-refractivity contribution in [2.24, 2.45) is 0 Å². The maximum atomic E-state index is 11.5. The highest BCUT2D eigenvalue weighted by molar-refractivity contribution is 7.17. The second-order valence-electron chi connectivity index (χ2n) is 5.92. The van der Waals surface area contributed by atoms with Gasteiger partial charge >= 0.3 is 5.97 Å². The van der Waals surface area contributed by atoms with E-state index in [4.69, 9.17) is 10.00 Å². The van der Waals surface area contributed by atoms with Gasteiger partial charge in [-0.05, 0) is 60.4 Å². The molecule has 0 radical (unpaired) electrons. The lowest BCUT2D eigenvalue weighted by Crippen LogP contribution is -2.01. The van der Waals surface area contributed by atoms with Gasteiger partial charge in [0.2, 0.25) is 0 Å². The molecule has 1 aliphatic carbocycles. The van der Waals surface area contributed by atoms with E-state index in [0.29, 0.717) is 11.5 Å². The van der Waals surface area contributed by atoms with Crippen LogP contribution in [0.25, 0.3) is 10.4 Å². The largest absolute Gasteiger partial charge is 0.489 e. The molecule has 0 spiro atoms. The molecule has 0 N–H and O–H groups in total. The van der Waals surface area contributed by atoms with E-state index in [1.165, 1.54) is 29.6 Å². The maximum Gasteiger partial charge on any atom is 0.363 e. The van der Waals surface area contributed by atoms with Gasteiger partial charge in [-0.25, -0.2) is 4.79 Å². The first kappa shape index (κ1) is 20.5. The summed E-state index contributed by atoms with van der Waals surface area (Å²) in [6.07, 6.45) is 11.3. The molecule has 0 aliphatic heterocycles. The first-order valence-electron chi connectivity index (χ1n) is 8.96. The van der Waals surface area contributed by atoms with Crippen LogP contribution in [0.4, 0.5) is 0 Å². The van der Waals surface area contributed by atoms with Crippen LogP contribution in [0.15, 0.2) is 60.2 Å². The Morgan fingerprint density at radius 3 is 2.52 bits per heavy atom. The van der Waals surface area contributed by atoms with Crippen LogP contribution in [-0.4, -0.2) is 12.6 Å². The molecule has 0 atom stereocenters.